The molecule has 4 saturated heterocycles. The molecule has 2 bridgehead atoms. The Balaban J connectivity index is 1.09. The molecule has 0 saturated carbocycles. The van der Waals surface area contributed by atoms with Crippen molar-refractivity contribution in [3.8, 4) is 41.0 Å². The van der Waals surface area contributed by atoms with E-state index < -0.39 is 23.6 Å². The van der Waals surface area contributed by atoms with Crippen LogP contribution in [0.4, 0.5) is 14.6 Å². The second-order valence-electron chi connectivity index (χ2n) is 17.2. The van der Waals surface area contributed by atoms with E-state index in [1.807, 2.05) is 24.3 Å². The molecule has 0 aliphatic carbocycles. The van der Waals surface area contributed by atoms with Crippen molar-refractivity contribution < 1.29 is 32.8 Å². The predicted molar refractivity (Wildman–Crippen MR) is 221 cm³/mol. The van der Waals surface area contributed by atoms with Crippen LogP contribution in [0.15, 0.2) is 36.4 Å². The lowest BCUT2D eigenvalue weighted by Crippen LogP contribution is -2.60. The number of piperazine rings is 1. The molecule has 4 aromatic rings. The third-order valence-electron chi connectivity index (χ3n) is 13.4. The zero-order valence-electron chi connectivity index (χ0n) is 33.7. The average molecular weight is 796 g/mol. The highest BCUT2D eigenvalue weighted by Gasteiger charge is 2.50. The molecule has 3 aromatic carbocycles. The highest BCUT2D eigenvalue weighted by Crippen LogP contribution is 2.47. The lowest BCUT2D eigenvalue weighted by molar-refractivity contribution is -0.00106. The van der Waals surface area contributed by atoms with Crippen molar-refractivity contribution >= 4 is 27.5 Å². The topological polar surface area (TPSA) is 101 Å². The van der Waals surface area contributed by atoms with E-state index in [0.717, 1.165) is 63.3 Å². The van der Waals surface area contributed by atoms with Gasteiger partial charge in [-0.2, -0.15) is 9.97 Å². The maximum absolute atomic E-state index is 17.7. The predicted octanol–water partition coefficient (Wildman–Crippen LogP) is 7.20. The van der Waals surface area contributed by atoms with E-state index in [0.29, 0.717) is 77.9 Å². The normalized spacial score (nSPS) is 25.9. The Morgan fingerprint density at radius 1 is 1.09 bits per heavy atom. The van der Waals surface area contributed by atoms with E-state index in [1.54, 1.807) is 12.1 Å². The van der Waals surface area contributed by atoms with Crippen molar-refractivity contribution in [2.75, 3.05) is 57.6 Å². The second-order valence-corrected chi connectivity index (χ2v) is 17.2. The molecular formula is C46H55F2N5O5. The number of nitrogens with zero attached hydrogens (tertiary/aromatic N) is 4. The monoisotopic (exact) mass is 795 g/mol. The number of aliphatic hydroxyl groups is 1. The van der Waals surface area contributed by atoms with Crippen molar-refractivity contribution in [2.24, 2.45) is 5.92 Å². The minimum Gasteiger partial charge on any atom is -0.491 e. The fourth-order valence-electron chi connectivity index (χ4n) is 10.3. The molecule has 6 heterocycles. The van der Waals surface area contributed by atoms with Gasteiger partial charge in [0.1, 0.15) is 54.9 Å². The first-order valence-corrected chi connectivity index (χ1v) is 21.4. The quantitative estimate of drug-likeness (QED) is 0.120. The van der Waals surface area contributed by atoms with E-state index in [-0.39, 0.29) is 55.0 Å². The van der Waals surface area contributed by atoms with Crippen LogP contribution < -0.4 is 24.4 Å². The number of halogens is 2. The SMILES string of the molecule is C#Cc1cccc2cc(OCC(O)COCC(CC)CCCC)cc(-c3cc4c5c(nc(OC[C@@]67CCCN6C[C@H](F)C7)nc5c3F)N3C[C@H]5CC[C@H](N5)[C@H]3CO4)c12. The maximum atomic E-state index is 17.7. The first-order chi connectivity index (χ1) is 28.3. The number of aliphatic hydroxyl groups excluding tert-OH is 1. The smallest absolute Gasteiger partial charge is 0.319 e. The molecule has 1 aromatic heterocycles. The minimum absolute atomic E-state index is 0.00708. The van der Waals surface area contributed by atoms with Crippen LogP contribution in [0.2, 0.25) is 0 Å². The molecule has 12 heteroatoms. The molecule has 58 heavy (non-hydrogen) atoms. The molecule has 10 nitrogen and oxygen atoms in total. The molecule has 7 atom stereocenters. The summed E-state index contributed by atoms with van der Waals surface area (Å²) < 4.78 is 57.6. The van der Waals surface area contributed by atoms with Crippen LogP contribution in [0.1, 0.15) is 77.2 Å². The van der Waals surface area contributed by atoms with Crippen molar-refractivity contribution in [3.05, 3.63) is 47.8 Å². The maximum Gasteiger partial charge on any atom is 0.319 e. The van der Waals surface area contributed by atoms with Gasteiger partial charge in [-0.05, 0) is 79.8 Å². The fraction of sp³-hybridized carbons (Fsp3) is 0.565. The Morgan fingerprint density at radius 3 is 2.83 bits per heavy atom. The summed E-state index contributed by atoms with van der Waals surface area (Å²) in [5.74, 6) is 4.21. The summed E-state index contributed by atoms with van der Waals surface area (Å²) in [6.45, 7) is 7.63. The lowest BCUT2D eigenvalue weighted by Gasteiger charge is -2.40. The van der Waals surface area contributed by atoms with Gasteiger partial charge in [-0.3, -0.25) is 4.90 Å². The number of rotatable bonds is 15. The number of fused-ring (bicyclic) bond motifs is 7. The molecule has 5 aliphatic heterocycles. The van der Waals surface area contributed by atoms with Gasteiger partial charge in [0.15, 0.2) is 5.82 Å². The van der Waals surface area contributed by atoms with Crippen LogP contribution in [0.5, 0.6) is 17.5 Å². The first kappa shape index (κ1) is 39.2. The van der Waals surface area contributed by atoms with Gasteiger partial charge in [0.05, 0.1) is 23.6 Å². The number of ether oxygens (including phenoxy) is 4. The summed E-state index contributed by atoms with van der Waals surface area (Å²) in [5.41, 5.74) is 1.02. The number of alkyl halides is 1. The van der Waals surface area contributed by atoms with Crippen molar-refractivity contribution in [3.63, 3.8) is 0 Å². The summed E-state index contributed by atoms with van der Waals surface area (Å²) in [6, 6.07) is 11.5. The third kappa shape index (κ3) is 7.33. The largest absolute Gasteiger partial charge is 0.491 e. The van der Waals surface area contributed by atoms with Gasteiger partial charge >= 0.3 is 6.01 Å². The van der Waals surface area contributed by atoms with Crippen LogP contribution in [0.3, 0.4) is 0 Å². The minimum atomic E-state index is -0.907. The molecule has 5 aliphatic rings. The van der Waals surface area contributed by atoms with E-state index >= 15 is 4.39 Å². The van der Waals surface area contributed by atoms with Crippen LogP contribution in [-0.2, 0) is 4.74 Å². The summed E-state index contributed by atoms with van der Waals surface area (Å²) >= 11 is 0. The van der Waals surface area contributed by atoms with Crippen LogP contribution in [0.25, 0.3) is 32.8 Å². The molecule has 2 unspecified atom stereocenters. The molecular weight excluding hydrogens is 741 g/mol. The Hall–Kier alpha value is -4.28. The number of nitrogens with one attached hydrogen (secondary N) is 1. The van der Waals surface area contributed by atoms with Gasteiger partial charge in [-0.25, -0.2) is 8.78 Å². The van der Waals surface area contributed by atoms with Gasteiger partial charge < -0.3 is 34.3 Å². The summed E-state index contributed by atoms with van der Waals surface area (Å²) in [6.07, 6.45) is 13.0. The lowest BCUT2D eigenvalue weighted by atomic mass is 9.93. The fourth-order valence-corrected chi connectivity index (χ4v) is 10.3. The van der Waals surface area contributed by atoms with E-state index in [2.05, 4.69) is 34.9 Å². The third-order valence-corrected chi connectivity index (χ3v) is 13.4. The Kier molecular flexibility index (Phi) is 11.1. The molecule has 9 rings (SSSR count). The number of anilines is 1. The number of unbranched alkanes of at least 4 members (excludes halogenated alkanes) is 1. The summed E-state index contributed by atoms with van der Waals surface area (Å²) in [4.78, 5) is 14.2. The van der Waals surface area contributed by atoms with Gasteiger partial charge in [-0.15, -0.1) is 6.42 Å². The molecule has 0 amide bonds. The highest BCUT2D eigenvalue weighted by molar-refractivity contribution is 6.05. The van der Waals surface area contributed by atoms with Gasteiger partial charge in [0.2, 0.25) is 0 Å². The molecule has 4 fully saturated rings. The van der Waals surface area contributed by atoms with Crippen molar-refractivity contribution in [1.29, 1.82) is 0 Å². The molecule has 2 N–H and O–H groups in total. The van der Waals surface area contributed by atoms with Crippen molar-refractivity contribution in [2.45, 2.75) is 108 Å². The summed E-state index contributed by atoms with van der Waals surface area (Å²) in [5, 5.41) is 16.6. The number of hydrogen-bond donors (Lipinski definition) is 2. The van der Waals surface area contributed by atoms with Crippen LogP contribution in [-0.4, -0.2) is 109 Å². The number of aromatic nitrogens is 2. The van der Waals surface area contributed by atoms with E-state index in [9.17, 15) is 9.50 Å². The van der Waals surface area contributed by atoms with E-state index in [1.165, 1.54) is 0 Å². The average Bonchev–Trinajstić information content (AvgIpc) is 3.87. The first-order valence-electron chi connectivity index (χ1n) is 21.4. The van der Waals surface area contributed by atoms with Crippen LogP contribution >= 0.6 is 0 Å². The van der Waals surface area contributed by atoms with Gasteiger partial charge in [-0.1, -0.05) is 51.2 Å². The number of hydrogen-bond acceptors (Lipinski definition) is 10. The Morgan fingerprint density at radius 2 is 1.98 bits per heavy atom. The van der Waals surface area contributed by atoms with Crippen LogP contribution in [0, 0.1) is 24.1 Å². The van der Waals surface area contributed by atoms with Gasteiger partial charge in [0, 0.05) is 54.7 Å². The highest BCUT2D eigenvalue weighted by atomic mass is 19.1. The Bertz CT molecular complexity index is 2200. The molecule has 308 valence electrons. The number of terminal acetylenes is 1. The standard InChI is InChI=1S/C46H55F2N5O5/c1-4-7-10-28(5-2)23-55-24-33(54)25-56-34-17-30-12-8-11-29(6-3)40(30)35(18-34)36-19-39-41-43(42(36)48)50-45(58-27-46-15-9-16-52(46)21-31(47)20-46)51-44(41)53-22-32-13-14-37(49-32)38(53)26-57-39/h3,8,11-12,17-19,28,31-33,37-38,49,54H,4-5,7,9-10,13-16,20-27H2,1-2H3/t28?,31-,32-,33?,37+,38-,46+/m1/s1. The Labute approximate surface area is 339 Å². The summed E-state index contributed by atoms with van der Waals surface area (Å²) in [7, 11) is 0. The second kappa shape index (κ2) is 16.4. The van der Waals surface area contributed by atoms with Crippen molar-refractivity contribution in [1.82, 2.24) is 20.2 Å². The molecule has 0 radical (unpaired) electrons. The zero-order chi connectivity index (χ0) is 40.0. The zero-order valence-corrected chi connectivity index (χ0v) is 33.7. The van der Waals surface area contributed by atoms with Gasteiger partial charge in [0.25, 0.3) is 0 Å². The molecule has 0 spiro atoms. The van der Waals surface area contributed by atoms with E-state index in [4.69, 9.17) is 35.3 Å². The number of benzene rings is 3.